The Hall–Kier alpha value is -1.55. The number of carbonyl (C=O) groups is 1. The smallest absolute Gasteiger partial charge is 0.335 e. The van der Waals surface area contributed by atoms with Crippen molar-refractivity contribution >= 4 is 11.7 Å². The molecule has 0 spiro atoms. The van der Waals surface area contributed by atoms with E-state index < -0.39 is 5.97 Å². The van der Waals surface area contributed by atoms with E-state index in [9.17, 15) is 4.79 Å². The summed E-state index contributed by atoms with van der Waals surface area (Å²) in [5.74, 6) is -0.894. The quantitative estimate of drug-likeness (QED) is 0.876. The minimum absolute atomic E-state index is 0.210. The first kappa shape index (κ1) is 13.9. The fourth-order valence-electron chi connectivity index (χ4n) is 2.65. The third-order valence-corrected chi connectivity index (χ3v) is 3.83. The van der Waals surface area contributed by atoms with Crippen LogP contribution in [0.5, 0.6) is 0 Å². The zero-order valence-corrected chi connectivity index (χ0v) is 11.5. The maximum absolute atomic E-state index is 11.0. The van der Waals surface area contributed by atoms with E-state index in [-0.39, 0.29) is 12.1 Å². The molecule has 1 aliphatic carbocycles. The lowest BCUT2D eigenvalue weighted by atomic mass is 9.92. The fraction of sp³-hybridized carbons (Fsp3) is 0.533. The summed E-state index contributed by atoms with van der Waals surface area (Å²) in [7, 11) is 1.74. The van der Waals surface area contributed by atoms with Crippen molar-refractivity contribution in [2.45, 2.75) is 44.8 Å². The van der Waals surface area contributed by atoms with Gasteiger partial charge in [-0.2, -0.15) is 0 Å². The molecule has 19 heavy (non-hydrogen) atoms. The highest BCUT2D eigenvalue weighted by molar-refractivity contribution is 5.89. The van der Waals surface area contributed by atoms with Crippen molar-refractivity contribution in [1.29, 1.82) is 0 Å². The monoisotopic (exact) mass is 263 g/mol. The Morgan fingerprint density at radius 2 is 2.11 bits per heavy atom. The Bertz CT molecular complexity index is 459. The highest BCUT2D eigenvalue weighted by atomic mass is 16.5. The maximum Gasteiger partial charge on any atom is 0.335 e. The van der Waals surface area contributed by atoms with Crippen LogP contribution in [0.1, 0.15) is 41.6 Å². The van der Waals surface area contributed by atoms with Gasteiger partial charge in [0.2, 0.25) is 0 Å². The molecule has 1 aromatic carbocycles. The molecule has 2 rings (SSSR count). The van der Waals surface area contributed by atoms with Crippen molar-refractivity contribution in [3.63, 3.8) is 0 Å². The second kappa shape index (κ2) is 6.06. The molecule has 2 unspecified atom stereocenters. The lowest BCUT2D eigenvalue weighted by molar-refractivity contribution is 0.0606. The van der Waals surface area contributed by atoms with Gasteiger partial charge in [-0.05, 0) is 37.5 Å². The molecule has 1 fully saturated rings. The molecular weight excluding hydrogens is 242 g/mol. The first-order chi connectivity index (χ1) is 9.11. The van der Waals surface area contributed by atoms with Gasteiger partial charge in [0.05, 0.1) is 17.7 Å². The zero-order chi connectivity index (χ0) is 13.8. The van der Waals surface area contributed by atoms with Crippen LogP contribution in [0.4, 0.5) is 5.69 Å². The Balaban J connectivity index is 2.17. The molecule has 0 amide bonds. The number of benzene rings is 1. The van der Waals surface area contributed by atoms with Crippen LogP contribution in [0.2, 0.25) is 0 Å². The van der Waals surface area contributed by atoms with Gasteiger partial charge in [0, 0.05) is 12.8 Å². The molecule has 2 atom stereocenters. The average Bonchev–Trinajstić information content (AvgIpc) is 2.41. The number of hydrogen-bond acceptors (Lipinski definition) is 3. The number of rotatable bonds is 4. The summed E-state index contributed by atoms with van der Waals surface area (Å²) >= 11 is 0. The fourth-order valence-corrected chi connectivity index (χ4v) is 2.65. The summed E-state index contributed by atoms with van der Waals surface area (Å²) in [5, 5.41) is 12.5. The van der Waals surface area contributed by atoms with Gasteiger partial charge in [-0.15, -0.1) is 0 Å². The van der Waals surface area contributed by atoms with Crippen LogP contribution in [-0.4, -0.2) is 30.3 Å². The largest absolute Gasteiger partial charge is 0.478 e. The highest BCUT2D eigenvalue weighted by Gasteiger charge is 2.25. The number of anilines is 1. The lowest BCUT2D eigenvalue weighted by Gasteiger charge is -2.32. The Morgan fingerprint density at radius 3 is 2.79 bits per heavy atom. The number of carboxylic acids is 1. The molecule has 0 radical (unpaired) electrons. The van der Waals surface area contributed by atoms with E-state index >= 15 is 0 Å². The number of methoxy groups -OCH3 is 1. The summed E-state index contributed by atoms with van der Waals surface area (Å²) in [6.45, 7) is 1.98. The molecule has 0 saturated heterocycles. The summed E-state index contributed by atoms with van der Waals surface area (Å²) in [6, 6.07) is 5.45. The van der Waals surface area contributed by atoms with E-state index in [4.69, 9.17) is 9.84 Å². The van der Waals surface area contributed by atoms with Crippen molar-refractivity contribution in [3.8, 4) is 0 Å². The van der Waals surface area contributed by atoms with Gasteiger partial charge in [-0.1, -0.05) is 18.9 Å². The lowest BCUT2D eigenvalue weighted by Crippen LogP contribution is -2.38. The minimum Gasteiger partial charge on any atom is -0.478 e. The van der Waals surface area contributed by atoms with Crippen LogP contribution in [-0.2, 0) is 4.74 Å². The van der Waals surface area contributed by atoms with Crippen molar-refractivity contribution in [2.75, 3.05) is 12.4 Å². The van der Waals surface area contributed by atoms with Gasteiger partial charge >= 0.3 is 5.97 Å². The van der Waals surface area contributed by atoms with Gasteiger partial charge in [-0.3, -0.25) is 0 Å². The molecule has 4 heteroatoms. The van der Waals surface area contributed by atoms with Crippen LogP contribution in [0.25, 0.3) is 0 Å². The van der Waals surface area contributed by atoms with Crippen molar-refractivity contribution in [3.05, 3.63) is 29.3 Å². The van der Waals surface area contributed by atoms with Crippen LogP contribution in [0, 0.1) is 6.92 Å². The van der Waals surface area contributed by atoms with Gasteiger partial charge in [0.1, 0.15) is 0 Å². The normalized spacial score (nSPS) is 23.1. The molecule has 0 heterocycles. The van der Waals surface area contributed by atoms with E-state index in [0.717, 1.165) is 24.1 Å². The summed E-state index contributed by atoms with van der Waals surface area (Å²) in [5.41, 5.74) is 2.28. The molecule has 0 aliphatic heterocycles. The first-order valence-corrected chi connectivity index (χ1v) is 6.75. The first-order valence-electron chi connectivity index (χ1n) is 6.75. The van der Waals surface area contributed by atoms with Crippen molar-refractivity contribution in [2.24, 2.45) is 0 Å². The summed E-state index contributed by atoms with van der Waals surface area (Å²) < 4.78 is 5.51. The standard InChI is InChI=1S/C15H21NO3/c1-10-7-8-11(15(17)18)9-13(10)16-12-5-3-4-6-14(12)19-2/h7-9,12,14,16H,3-6H2,1-2H3,(H,17,18). The number of carboxylic acid groups (broad SMARTS) is 1. The predicted molar refractivity (Wildman–Crippen MR) is 74.8 cm³/mol. The van der Waals surface area contributed by atoms with Gasteiger partial charge < -0.3 is 15.2 Å². The van der Waals surface area contributed by atoms with Crippen molar-refractivity contribution in [1.82, 2.24) is 0 Å². The Labute approximate surface area is 113 Å². The van der Waals surface area contributed by atoms with E-state index in [1.807, 2.05) is 13.0 Å². The number of ether oxygens (including phenoxy) is 1. The van der Waals surface area contributed by atoms with Crippen LogP contribution >= 0.6 is 0 Å². The van der Waals surface area contributed by atoms with Crippen LogP contribution in [0.3, 0.4) is 0 Å². The van der Waals surface area contributed by atoms with Crippen molar-refractivity contribution < 1.29 is 14.6 Å². The van der Waals surface area contributed by atoms with E-state index in [1.165, 1.54) is 12.8 Å². The third-order valence-electron chi connectivity index (χ3n) is 3.83. The molecule has 2 N–H and O–H groups in total. The number of nitrogens with one attached hydrogen (secondary N) is 1. The molecule has 0 aromatic heterocycles. The second-order valence-electron chi connectivity index (χ2n) is 5.14. The Kier molecular flexibility index (Phi) is 4.43. The SMILES string of the molecule is COC1CCCCC1Nc1cc(C(=O)O)ccc1C. The zero-order valence-electron chi connectivity index (χ0n) is 11.5. The minimum atomic E-state index is -0.894. The van der Waals surface area contributed by atoms with E-state index in [2.05, 4.69) is 5.32 Å². The average molecular weight is 263 g/mol. The summed E-state index contributed by atoms with van der Waals surface area (Å²) in [4.78, 5) is 11.0. The van der Waals surface area contributed by atoms with Gasteiger partial charge in [0.25, 0.3) is 0 Å². The maximum atomic E-state index is 11.0. The second-order valence-corrected chi connectivity index (χ2v) is 5.14. The molecule has 104 valence electrons. The molecule has 1 saturated carbocycles. The molecule has 1 aliphatic rings. The molecule has 4 nitrogen and oxygen atoms in total. The van der Waals surface area contributed by atoms with Gasteiger partial charge in [-0.25, -0.2) is 4.79 Å². The van der Waals surface area contributed by atoms with E-state index in [1.54, 1.807) is 19.2 Å². The topological polar surface area (TPSA) is 58.6 Å². The van der Waals surface area contributed by atoms with Crippen LogP contribution in [0.15, 0.2) is 18.2 Å². The third kappa shape index (κ3) is 3.26. The van der Waals surface area contributed by atoms with Crippen LogP contribution < -0.4 is 5.32 Å². The Morgan fingerprint density at radius 1 is 1.37 bits per heavy atom. The van der Waals surface area contributed by atoms with Gasteiger partial charge in [0.15, 0.2) is 0 Å². The predicted octanol–water partition coefficient (Wildman–Crippen LogP) is 3.06. The molecular formula is C15H21NO3. The number of hydrogen-bond donors (Lipinski definition) is 2. The molecule has 0 bridgehead atoms. The molecule has 1 aromatic rings. The van der Waals surface area contributed by atoms with E-state index in [0.29, 0.717) is 5.56 Å². The highest BCUT2D eigenvalue weighted by Crippen LogP contribution is 2.26. The summed E-state index contributed by atoms with van der Waals surface area (Å²) in [6.07, 6.45) is 4.72. The number of aryl methyl sites for hydroxylation is 1. The number of aromatic carboxylic acids is 1.